The van der Waals surface area contributed by atoms with Gasteiger partial charge in [-0.1, -0.05) is 54.0 Å². The standard InChI is InChI=1S/C24H25Cl2N5O3S/c1-4-33-19-10-14(7-9-18(19)34-12-15-6-8-16(25)11-17(15)26)21-20(22(27)32)13(3)28-23-29-24(35-5-2)30-31(21)23/h6-11,21H,4-5,12H2,1-3H3,(H2,27,32)(H,28,29,30). The van der Waals surface area contributed by atoms with Gasteiger partial charge in [-0.2, -0.15) is 4.98 Å². The van der Waals surface area contributed by atoms with E-state index >= 15 is 0 Å². The molecule has 0 fully saturated rings. The van der Waals surface area contributed by atoms with Gasteiger partial charge >= 0.3 is 0 Å². The number of allylic oxidation sites excluding steroid dienone is 1. The van der Waals surface area contributed by atoms with Crippen LogP contribution >= 0.6 is 35.0 Å². The van der Waals surface area contributed by atoms with Gasteiger partial charge in [-0.05, 0) is 49.4 Å². The molecule has 11 heteroatoms. The van der Waals surface area contributed by atoms with E-state index in [4.69, 9.17) is 38.4 Å². The Bertz CT molecular complexity index is 1290. The average molecular weight is 534 g/mol. The number of carbonyl (C=O) groups excluding carboxylic acids is 1. The summed E-state index contributed by atoms with van der Waals surface area (Å²) in [5.41, 5.74) is 8.38. The molecule has 1 unspecified atom stereocenters. The highest BCUT2D eigenvalue weighted by Gasteiger charge is 2.34. The number of ether oxygens (including phenoxy) is 2. The fourth-order valence-corrected chi connectivity index (χ4v) is 4.84. The summed E-state index contributed by atoms with van der Waals surface area (Å²) in [5.74, 6) is 1.89. The first-order valence-corrected chi connectivity index (χ1v) is 12.8. The van der Waals surface area contributed by atoms with Gasteiger partial charge in [0.15, 0.2) is 11.5 Å². The minimum Gasteiger partial charge on any atom is -0.490 e. The number of fused-ring (bicyclic) bond motifs is 1. The van der Waals surface area contributed by atoms with Crippen molar-refractivity contribution in [3.63, 3.8) is 0 Å². The monoisotopic (exact) mass is 533 g/mol. The van der Waals surface area contributed by atoms with Crippen LogP contribution in [0, 0.1) is 0 Å². The number of aromatic nitrogens is 3. The summed E-state index contributed by atoms with van der Waals surface area (Å²) in [5, 5.41) is 9.46. The Morgan fingerprint density at radius 3 is 2.66 bits per heavy atom. The summed E-state index contributed by atoms with van der Waals surface area (Å²) in [4.78, 5) is 17.0. The molecule has 0 radical (unpaired) electrons. The second-order valence-corrected chi connectivity index (χ2v) is 9.76. The summed E-state index contributed by atoms with van der Waals surface area (Å²) >= 11 is 13.8. The van der Waals surface area contributed by atoms with Gasteiger partial charge in [0.25, 0.3) is 0 Å². The second kappa shape index (κ2) is 10.8. The number of hydrogen-bond acceptors (Lipinski definition) is 7. The van der Waals surface area contributed by atoms with E-state index in [9.17, 15) is 4.79 Å². The maximum absolute atomic E-state index is 12.5. The topological polar surface area (TPSA) is 104 Å². The predicted octanol–water partition coefficient (Wildman–Crippen LogP) is 5.45. The Labute approximate surface area is 217 Å². The molecule has 0 saturated heterocycles. The van der Waals surface area contributed by atoms with E-state index in [0.29, 0.717) is 50.5 Å². The molecule has 35 heavy (non-hydrogen) atoms. The molecule has 8 nitrogen and oxygen atoms in total. The maximum atomic E-state index is 12.5. The summed E-state index contributed by atoms with van der Waals surface area (Å²) in [6, 6.07) is 10.2. The van der Waals surface area contributed by atoms with Gasteiger partial charge in [0.05, 0.1) is 12.2 Å². The van der Waals surface area contributed by atoms with Gasteiger partial charge in [-0.25, -0.2) is 4.68 Å². The molecule has 0 bridgehead atoms. The minimum atomic E-state index is -0.568. The molecule has 3 aromatic rings. The lowest BCUT2D eigenvalue weighted by Crippen LogP contribution is -2.31. The van der Waals surface area contributed by atoms with Crippen molar-refractivity contribution in [1.82, 2.24) is 14.8 Å². The molecule has 184 valence electrons. The Kier molecular flexibility index (Phi) is 7.78. The normalized spacial score (nSPS) is 14.9. The van der Waals surface area contributed by atoms with Gasteiger partial charge in [0.2, 0.25) is 17.0 Å². The molecule has 0 saturated carbocycles. The van der Waals surface area contributed by atoms with Gasteiger partial charge in [-0.3, -0.25) is 4.79 Å². The summed E-state index contributed by atoms with van der Waals surface area (Å²) in [7, 11) is 0. The van der Waals surface area contributed by atoms with E-state index in [1.165, 1.54) is 11.8 Å². The Balaban J connectivity index is 1.71. The Morgan fingerprint density at radius 1 is 1.17 bits per heavy atom. The van der Waals surface area contributed by atoms with Gasteiger partial charge in [0, 0.05) is 21.3 Å². The lowest BCUT2D eigenvalue weighted by molar-refractivity contribution is -0.115. The number of nitrogens with one attached hydrogen (secondary N) is 1. The zero-order valence-corrected chi connectivity index (χ0v) is 21.8. The summed E-state index contributed by atoms with van der Waals surface area (Å²) in [6.45, 7) is 6.38. The zero-order valence-electron chi connectivity index (χ0n) is 19.5. The quantitative estimate of drug-likeness (QED) is 0.352. The van der Waals surface area contributed by atoms with Crippen molar-refractivity contribution in [2.24, 2.45) is 5.73 Å². The fraction of sp³-hybridized carbons (Fsp3) is 0.292. The van der Waals surface area contributed by atoms with E-state index in [1.807, 2.05) is 32.0 Å². The van der Waals surface area contributed by atoms with Gasteiger partial charge in [0.1, 0.15) is 12.6 Å². The van der Waals surface area contributed by atoms with Crippen molar-refractivity contribution in [2.45, 2.75) is 38.6 Å². The third-order valence-corrected chi connectivity index (χ3v) is 6.66. The Morgan fingerprint density at radius 2 is 1.97 bits per heavy atom. The van der Waals surface area contributed by atoms with Crippen LogP contribution in [-0.2, 0) is 11.4 Å². The Hall–Kier alpha value is -2.88. The van der Waals surface area contributed by atoms with E-state index < -0.39 is 11.9 Å². The van der Waals surface area contributed by atoms with Crippen molar-refractivity contribution in [2.75, 3.05) is 17.7 Å². The van der Waals surface area contributed by atoms with Crippen LogP contribution in [0.3, 0.4) is 0 Å². The summed E-state index contributed by atoms with van der Waals surface area (Å²) in [6.07, 6.45) is 0. The number of anilines is 1. The molecule has 0 spiro atoms. The second-order valence-electron chi connectivity index (χ2n) is 7.69. The highest BCUT2D eigenvalue weighted by Crippen LogP contribution is 2.39. The van der Waals surface area contributed by atoms with Crippen LogP contribution in [0.4, 0.5) is 5.95 Å². The van der Waals surface area contributed by atoms with Gasteiger partial charge in [-0.15, -0.1) is 5.10 Å². The van der Waals surface area contributed by atoms with Crippen LogP contribution in [0.2, 0.25) is 10.0 Å². The first-order valence-electron chi connectivity index (χ1n) is 11.0. The molecule has 2 aromatic carbocycles. The predicted molar refractivity (Wildman–Crippen MR) is 138 cm³/mol. The molecule has 4 rings (SSSR count). The van der Waals surface area contributed by atoms with Crippen LogP contribution in [-0.4, -0.2) is 33.0 Å². The van der Waals surface area contributed by atoms with E-state index in [1.54, 1.807) is 29.8 Å². The number of primary amides is 1. The smallest absolute Gasteiger partial charge is 0.248 e. The van der Waals surface area contributed by atoms with Crippen LogP contribution in [0.5, 0.6) is 11.5 Å². The third kappa shape index (κ3) is 5.37. The van der Waals surface area contributed by atoms with Crippen LogP contribution in [0.25, 0.3) is 0 Å². The van der Waals surface area contributed by atoms with E-state index in [2.05, 4.69) is 15.4 Å². The highest BCUT2D eigenvalue weighted by atomic mass is 35.5. The molecule has 3 N–H and O–H groups in total. The molecule has 2 heterocycles. The van der Waals surface area contributed by atoms with Crippen molar-refractivity contribution in [1.29, 1.82) is 0 Å². The highest BCUT2D eigenvalue weighted by molar-refractivity contribution is 7.99. The number of carbonyl (C=O) groups is 1. The van der Waals surface area contributed by atoms with Crippen molar-refractivity contribution in [3.8, 4) is 11.5 Å². The van der Waals surface area contributed by atoms with Gasteiger partial charge < -0.3 is 20.5 Å². The largest absolute Gasteiger partial charge is 0.490 e. The van der Waals surface area contributed by atoms with Crippen molar-refractivity contribution >= 4 is 46.8 Å². The lowest BCUT2D eigenvalue weighted by Gasteiger charge is -2.28. The molecular weight excluding hydrogens is 509 g/mol. The number of nitrogens with zero attached hydrogens (tertiary/aromatic N) is 3. The minimum absolute atomic E-state index is 0.235. The van der Waals surface area contributed by atoms with Crippen LogP contribution < -0.4 is 20.5 Å². The number of nitrogens with two attached hydrogens (primary N) is 1. The number of rotatable bonds is 9. The zero-order chi connectivity index (χ0) is 25.1. The number of thioether (sulfide) groups is 1. The molecule has 1 amide bonds. The number of halogens is 2. The SMILES string of the molecule is CCOc1cc(C2C(C(N)=O)=C(C)Nc3nc(SCC)nn32)ccc1OCc1ccc(Cl)cc1Cl. The number of hydrogen-bond donors (Lipinski definition) is 2. The average Bonchev–Trinajstić information content (AvgIpc) is 3.20. The molecule has 1 aliphatic heterocycles. The number of benzene rings is 2. The molecular formula is C24H25Cl2N5O3S. The first kappa shape index (κ1) is 25.2. The third-order valence-electron chi connectivity index (χ3n) is 5.35. The fourth-order valence-electron chi connectivity index (χ4n) is 3.83. The van der Waals surface area contributed by atoms with Crippen LogP contribution in [0.1, 0.15) is 37.9 Å². The molecule has 1 atom stereocenters. The maximum Gasteiger partial charge on any atom is 0.248 e. The van der Waals surface area contributed by atoms with Crippen molar-refractivity contribution in [3.05, 3.63) is 68.8 Å². The van der Waals surface area contributed by atoms with Crippen LogP contribution in [0.15, 0.2) is 52.8 Å². The molecule has 0 aliphatic carbocycles. The number of amides is 1. The van der Waals surface area contributed by atoms with E-state index in [-0.39, 0.29) is 6.61 Å². The lowest BCUT2D eigenvalue weighted by atomic mass is 9.95. The first-order chi connectivity index (χ1) is 16.8. The van der Waals surface area contributed by atoms with E-state index in [0.717, 1.165) is 16.9 Å². The molecule has 1 aromatic heterocycles. The molecule has 1 aliphatic rings. The summed E-state index contributed by atoms with van der Waals surface area (Å²) < 4.78 is 13.6. The van der Waals surface area contributed by atoms with Crippen molar-refractivity contribution < 1.29 is 14.3 Å².